The Balaban J connectivity index is 2.18. The molecule has 0 aromatic carbocycles. The topological polar surface area (TPSA) is 9.23 Å². The molecule has 0 atom stereocenters. The van der Waals surface area contributed by atoms with Crippen molar-refractivity contribution in [2.24, 2.45) is 0 Å². The first kappa shape index (κ1) is 12.1. The Labute approximate surface area is 110 Å². The average Bonchev–Trinajstić information content (AvgIpc) is 2.92. The number of allylic oxidation sites excluding steroid dienone is 2. The number of hydrogen-bond donors (Lipinski definition) is 0. The number of thiophene rings is 2. The van der Waals surface area contributed by atoms with Crippen molar-refractivity contribution in [2.75, 3.05) is 0 Å². The van der Waals surface area contributed by atoms with E-state index in [1.54, 1.807) is 22.7 Å². The van der Waals surface area contributed by atoms with Crippen molar-refractivity contribution in [3.8, 4) is 10.1 Å². The Morgan fingerprint density at radius 3 is 1.82 bits per heavy atom. The molecule has 0 radical (unpaired) electrons. The largest absolute Gasteiger partial charge is 0.435 e. The van der Waals surface area contributed by atoms with E-state index in [4.69, 9.17) is 4.74 Å². The lowest BCUT2D eigenvalue weighted by molar-refractivity contribution is 0.501. The van der Waals surface area contributed by atoms with Crippen LogP contribution in [0.1, 0.15) is 11.1 Å². The Bertz CT molecular complexity index is 462. The smallest absolute Gasteiger partial charge is 0.185 e. The molecule has 2 aromatic heterocycles. The third kappa shape index (κ3) is 2.87. The van der Waals surface area contributed by atoms with Crippen molar-refractivity contribution in [1.29, 1.82) is 0 Å². The van der Waals surface area contributed by atoms with Crippen molar-refractivity contribution >= 4 is 22.7 Å². The standard InChI is InChI=1S/C14H14OS2/c1-3-5-11-7-9-16-13(11)15-14-12(6-4-2)8-10-17-14/h3-4,7-10H,1-2,5-6H2. The van der Waals surface area contributed by atoms with Crippen LogP contribution >= 0.6 is 22.7 Å². The van der Waals surface area contributed by atoms with Crippen LogP contribution in [0.25, 0.3) is 0 Å². The molecule has 3 heteroatoms. The molecule has 0 aliphatic carbocycles. The van der Waals surface area contributed by atoms with Gasteiger partial charge in [-0.15, -0.1) is 35.8 Å². The van der Waals surface area contributed by atoms with Gasteiger partial charge in [0.1, 0.15) is 0 Å². The minimum Gasteiger partial charge on any atom is -0.435 e. The lowest BCUT2D eigenvalue weighted by Gasteiger charge is -2.05. The number of ether oxygens (including phenoxy) is 1. The Morgan fingerprint density at radius 1 is 0.941 bits per heavy atom. The molecule has 0 aliphatic heterocycles. The monoisotopic (exact) mass is 262 g/mol. The zero-order valence-corrected chi connectivity index (χ0v) is 11.2. The van der Waals surface area contributed by atoms with Crippen molar-refractivity contribution in [2.45, 2.75) is 12.8 Å². The first-order valence-electron chi connectivity index (χ1n) is 5.37. The van der Waals surface area contributed by atoms with Gasteiger partial charge in [0.2, 0.25) is 0 Å². The summed E-state index contributed by atoms with van der Waals surface area (Å²) in [7, 11) is 0. The van der Waals surface area contributed by atoms with Gasteiger partial charge in [-0.2, -0.15) is 0 Å². The SMILES string of the molecule is C=CCc1ccsc1Oc1sccc1CC=C. The molecule has 0 N–H and O–H groups in total. The van der Waals surface area contributed by atoms with E-state index in [9.17, 15) is 0 Å². The van der Waals surface area contributed by atoms with Crippen LogP contribution in [0.4, 0.5) is 0 Å². The first-order chi connectivity index (χ1) is 8.35. The third-order valence-electron chi connectivity index (χ3n) is 2.33. The summed E-state index contributed by atoms with van der Waals surface area (Å²) in [6.07, 6.45) is 5.49. The van der Waals surface area contributed by atoms with Gasteiger partial charge in [0.05, 0.1) is 0 Å². The van der Waals surface area contributed by atoms with Crippen molar-refractivity contribution in [3.05, 3.63) is 59.3 Å². The zero-order valence-electron chi connectivity index (χ0n) is 9.52. The highest BCUT2D eigenvalue weighted by Crippen LogP contribution is 2.36. The molecule has 0 saturated heterocycles. The molecular weight excluding hydrogens is 248 g/mol. The summed E-state index contributed by atoms with van der Waals surface area (Å²) in [6, 6.07) is 4.17. The Kier molecular flexibility index (Phi) is 4.18. The van der Waals surface area contributed by atoms with Gasteiger partial charge in [-0.3, -0.25) is 0 Å². The zero-order chi connectivity index (χ0) is 12.1. The van der Waals surface area contributed by atoms with E-state index in [-0.39, 0.29) is 0 Å². The van der Waals surface area contributed by atoms with Gasteiger partial charge in [0, 0.05) is 11.1 Å². The summed E-state index contributed by atoms with van der Waals surface area (Å²) in [5.41, 5.74) is 2.39. The first-order valence-corrected chi connectivity index (χ1v) is 7.13. The van der Waals surface area contributed by atoms with Crippen LogP contribution in [0.3, 0.4) is 0 Å². The molecule has 0 bridgehead atoms. The van der Waals surface area contributed by atoms with Gasteiger partial charge in [0.15, 0.2) is 10.1 Å². The van der Waals surface area contributed by atoms with E-state index in [0.29, 0.717) is 0 Å². The van der Waals surface area contributed by atoms with Gasteiger partial charge in [0.25, 0.3) is 0 Å². The van der Waals surface area contributed by atoms with E-state index in [0.717, 1.165) is 23.0 Å². The Morgan fingerprint density at radius 2 is 1.41 bits per heavy atom. The second-order valence-corrected chi connectivity index (χ2v) is 5.31. The quantitative estimate of drug-likeness (QED) is 0.661. The van der Waals surface area contributed by atoms with Crippen molar-refractivity contribution < 1.29 is 4.74 Å². The molecule has 0 spiro atoms. The Hall–Kier alpha value is -1.32. The summed E-state index contributed by atoms with van der Waals surface area (Å²) >= 11 is 3.25. The molecule has 1 nitrogen and oxygen atoms in total. The molecule has 2 rings (SSSR count). The maximum absolute atomic E-state index is 5.97. The van der Waals surface area contributed by atoms with Crippen LogP contribution in [0.2, 0.25) is 0 Å². The van der Waals surface area contributed by atoms with E-state index in [1.807, 2.05) is 12.2 Å². The lowest BCUT2D eigenvalue weighted by atomic mass is 10.2. The van der Waals surface area contributed by atoms with Crippen LogP contribution in [0, 0.1) is 0 Å². The van der Waals surface area contributed by atoms with E-state index in [1.165, 1.54) is 11.1 Å². The van der Waals surface area contributed by atoms with Crippen LogP contribution in [-0.4, -0.2) is 0 Å². The van der Waals surface area contributed by atoms with E-state index < -0.39 is 0 Å². The normalized spacial score (nSPS) is 10.1. The highest BCUT2D eigenvalue weighted by atomic mass is 32.1. The van der Waals surface area contributed by atoms with Gasteiger partial charge < -0.3 is 4.74 Å². The molecule has 0 saturated carbocycles. The van der Waals surface area contributed by atoms with Crippen LogP contribution in [0.15, 0.2) is 48.2 Å². The highest BCUT2D eigenvalue weighted by molar-refractivity contribution is 7.13. The van der Waals surface area contributed by atoms with Crippen LogP contribution in [0.5, 0.6) is 10.1 Å². The number of hydrogen-bond acceptors (Lipinski definition) is 3. The summed E-state index contributed by atoms with van der Waals surface area (Å²) in [5.74, 6) is 0. The fourth-order valence-corrected chi connectivity index (χ4v) is 3.15. The third-order valence-corrected chi connectivity index (χ3v) is 3.99. The van der Waals surface area contributed by atoms with Gasteiger partial charge >= 0.3 is 0 Å². The maximum Gasteiger partial charge on any atom is 0.185 e. The summed E-state index contributed by atoms with van der Waals surface area (Å²) in [4.78, 5) is 0. The van der Waals surface area contributed by atoms with E-state index >= 15 is 0 Å². The summed E-state index contributed by atoms with van der Waals surface area (Å²) in [6.45, 7) is 7.52. The molecule has 0 amide bonds. The minimum atomic E-state index is 0.848. The van der Waals surface area contributed by atoms with Gasteiger partial charge in [-0.05, 0) is 35.7 Å². The molecule has 2 aromatic rings. The van der Waals surface area contributed by atoms with Gasteiger partial charge in [-0.1, -0.05) is 12.2 Å². The van der Waals surface area contributed by atoms with Crippen LogP contribution < -0.4 is 4.74 Å². The molecule has 2 heterocycles. The molecule has 0 unspecified atom stereocenters. The molecule has 88 valence electrons. The average molecular weight is 262 g/mol. The maximum atomic E-state index is 5.97. The number of rotatable bonds is 6. The predicted molar refractivity (Wildman–Crippen MR) is 76.5 cm³/mol. The van der Waals surface area contributed by atoms with Crippen LogP contribution in [-0.2, 0) is 12.8 Å². The molecule has 0 aliphatic rings. The van der Waals surface area contributed by atoms with Gasteiger partial charge in [-0.25, -0.2) is 0 Å². The highest BCUT2D eigenvalue weighted by Gasteiger charge is 2.09. The van der Waals surface area contributed by atoms with Crippen molar-refractivity contribution in [3.63, 3.8) is 0 Å². The fraction of sp³-hybridized carbons (Fsp3) is 0.143. The molecular formula is C14H14OS2. The summed E-state index contributed by atoms with van der Waals surface area (Å²) < 4.78 is 5.97. The molecule has 0 fully saturated rings. The molecule has 17 heavy (non-hydrogen) atoms. The second-order valence-electron chi connectivity index (χ2n) is 3.55. The predicted octanol–water partition coefficient (Wildman–Crippen LogP) is 5.06. The fourth-order valence-electron chi connectivity index (χ4n) is 1.52. The minimum absolute atomic E-state index is 0.848. The van der Waals surface area contributed by atoms with Crippen molar-refractivity contribution in [1.82, 2.24) is 0 Å². The second kappa shape index (κ2) is 5.84. The summed E-state index contributed by atoms with van der Waals surface area (Å²) in [5, 5.41) is 6.04. The lowest BCUT2D eigenvalue weighted by Crippen LogP contribution is -1.87. The van der Waals surface area contributed by atoms with E-state index in [2.05, 4.69) is 36.1 Å².